The van der Waals surface area contributed by atoms with Crippen LogP contribution >= 0.6 is 0 Å². The molecule has 0 bridgehead atoms. The van der Waals surface area contributed by atoms with E-state index in [0.717, 1.165) is 6.42 Å². The van der Waals surface area contributed by atoms with Crippen LogP contribution in [0.5, 0.6) is 0 Å². The fourth-order valence-corrected chi connectivity index (χ4v) is 1.57. The number of nitrogens with zero attached hydrogens (tertiary/aromatic N) is 1. The summed E-state index contributed by atoms with van der Waals surface area (Å²) in [6.45, 7) is 6.79. The molecule has 0 aromatic heterocycles. The van der Waals surface area contributed by atoms with Crippen LogP contribution < -0.4 is 10.6 Å². The van der Waals surface area contributed by atoms with E-state index in [2.05, 4.69) is 43.9 Å². The highest BCUT2D eigenvalue weighted by molar-refractivity contribution is 5.71. The van der Waals surface area contributed by atoms with Crippen LogP contribution in [0.4, 0.5) is 5.69 Å². The first kappa shape index (κ1) is 16.4. The summed E-state index contributed by atoms with van der Waals surface area (Å²) in [7, 11) is 4.10. The van der Waals surface area contributed by atoms with Gasteiger partial charge in [-0.1, -0.05) is 13.0 Å². The standard InChI is InChI=1S/C12H20N2.C2H3O2/c1-5-12(13)11-7-6-10(14(3)4)8-9(11)2;1-2(3)4/h6-8,12H,5,13H2,1-4H3;1H2,(H,3,4). The highest BCUT2D eigenvalue weighted by atomic mass is 16.4. The van der Waals surface area contributed by atoms with Gasteiger partial charge in [0, 0.05) is 25.8 Å². The first-order chi connectivity index (χ1) is 8.29. The minimum atomic E-state index is -1.08. The quantitative estimate of drug-likeness (QED) is 0.865. The molecule has 4 nitrogen and oxygen atoms in total. The number of carboxylic acids is 1. The molecule has 0 aliphatic carbocycles. The van der Waals surface area contributed by atoms with E-state index < -0.39 is 5.97 Å². The fourth-order valence-electron chi connectivity index (χ4n) is 1.57. The summed E-state index contributed by atoms with van der Waals surface area (Å²) in [5.74, 6) is -1.08. The second kappa shape index (κ2) is 7.71. The molecule has 101 valence electrons. The SMILES string of the molecule is CCC(N)c1ccc(N(C)C)cc1C.[CH2]C(=O)O. The van der Waals surface area contributed by atoms with E-state index in [1.54, 1.807) is 0 Å². The Morgan fingerprint density at radius 3 is 2.33 bits per heavy atom. The van der Waals surface area contributed by atoms with Crippen molar-refractivity contribution in [1.29, 1.82) is 0 Å². The summed E-state index contributed by atoms with van der Waals surface area (Å²) in [6, 6.07) is 6.62. The van der Waals surface area contributed by atoms with Crippen LogP contribution in [0.25, 0.3) is 0 Å². The largest absolute Gasteiger partial charge is 0.481 e. The van der Waals surface area contributed by atoms with Crippen molar-refractivity contribution in [3.8, 4) is 0 Å². The van der Waals surface area contributed by atoms with Crippen molar-refractivity contribution in [3.63, 3.8) is 0 Å². The number of carboxylic acid groups (broad SMARTS) is 1. The van der Waals surface area contributed by atoms with Crippen molar-refractivity contribution in [2.75, 3.05) is 19.0 Å². The van der Waals surface area contributed by atoms with Gasteiger partial charge in [0.2, 0.25) is 0 Å². The Labute approximate surface area is 109 Å². The number of hydrogen-bond acceptors (Lipinski definition) is 3. The number of aryl methyl sites for hydroxylation is 1. The lowest BCUT2D eigenvalue weighted by Gasteiger charge is -2.17. The van der Waals surface area contributed by atoms with E-state index in [1.165, 1.54) is 16.8 Å². The second-order valence-corrected chi connectivity index (χ2v) is 4.34. The minimum absolute atomic E-state index is 0.172. The summed E-state index contributed by atoms with van der Waals surface area (Å²) < 4.78 is 0. The maximum absolute atomic E-state index is 8.89. The smallest absolute Gasteiger partial charge is 0.303 e. The van der Waals surface area contributed by atoms with Gasteiger partial charge < -0.3 is 15.7 Å². The van der Waals surface area contributed by atoms with Gasteiger partial charge >= 0.3 is 5.97 Å². The van der Waals surface area contributed by atoms with Gasteiger partial charge in [-0.25, -0.2) is 0 Å². The maximum Gasteiger partial charge on any atom is 0.303 e. The summed E-state index contributed by atoms with van der Waals surface area (Å²) in [5.41, 5.74) is 9.78. The van der Waals surface area contributed by atoms with Gasteiger partial charge in [0.25, 0.3) is 0 Å². The molecule has 0 aliphatic heterocycles. The predicted molar refractivity (Wildman–Crippen MR) is 75.7 cm³/mol. The molecule has 1 aromatic rings. The lowest BCUT2D eigenvalue weighted by molar-refractivity contribution is -0.131. The first-order valence-electron chi connectivity index (χ1n) is 5.87. The van der Waals surface area contributed by atoms with E-state index in [0.29, 0.717) is 0 Å². The molecule has 0 aliphatic rings. The van der Waals surface area contributed by atoms with Crippen LogP contribution in [-0.4, -0.2) is 25.2 Å². The predicted octanol–water partition coefficient (Wildman–Crippen LogP) is 2.38. The second-order valence-electron chi connectivity index (χ2n) is 4.34. The molecule has 1 radical (unpaired) electrons. The number of rotatable bonds is 3. The Morgan fingerprint density at radius 2 is 2.00 bits per heavy atom. The van der Waals surface area contributed by atoms with Crippen molar-refractivity contribution in [3.05, 3.63) is 36.2 Å². The summed E-state index contributed by atoms with van der Waals surface area (Å²) in [6.07, 6.45) is 0.988. The molecule has 0 spiro atoms. The topological polar surface area (TPSA) is 66.6 Å². The fraction of sp³-hybridized carbons (Fsp3) is 0.429. The summed E-state index contributed by atoms with van der Waals surface area (Å²) >= 11 is 0. The molecule has 1 atom stereocenters. The molecule has 0 heterocycles. The number of benzene rings is 1. The Balaban J connectivity index is 0.000000631. The lowest BCUT2D eigenvalue weighted by Crippen LogP contribution is -2.12. The van der Waals surface area contributed by atoms with E-state index >= 15 is 0 Å². The highest BCUT2D eigenvalue weighted by Crippen LogP contribution is 2.22. The molecule has 1 rings (SSSR count). The van der Waals surface area contributed by atoms with E-state index in [4.69, 9.17) is 15.6 Å². The van der Waals surface area contributed by atoms with Crippen LogP contribution in [0, 0.1) is 13.8 Å². The summed E-state index contributed by atoms with van der Waals surface area (Å²) in [5, 5.41) is 7.31. The van der Waals surface area contributed by atoms with E-state index in [-0.39, 0.29) is 6.04 Å². The average Bonchev–Trinajstić information content (AvgIpc) is 2.27. The van der Waals surface area contributed by atoms with Crippen molar-refractivity contribution in [2.45, 2.75) is 26.3 Å². The van der Waals surface area contributed by atoms with Crippen LogP contribution in [0.1, 0.15) is 30.5 Å². The van der Waals surface area contributed by atoms with Gasteiger partial charge in [0.1, 0.15) is 0 Å². The molecular weight excluding hydrogens is 228 g/mol. The van der Waals surface area contributed by atoms with Gasteiger partial charge in [-0.05, 0) is 36.6 Å². The molecule has 0 saturated heterocycles. The Morgan fingerprint density at radius 1 is 1.50 bits per heavy atom. The number of aliphatic carboxylic acids is 1. The third-order valence-electron chi connectivity index (χ3n) is 2.61. The number of carbonyl (C=O) groups is 1. The Bertz CT molecular complexity index is 385. The molecule has 18 heavy (non-hydrogen) atoms. The molecule has 4 heteroatoms. The van der Waals surface area contributed by atoms with Gasteiger partial charge in [0.15, 0.2) is 0 Å². The average molecular weight is 251 g/mol. The lowest BCUT2D eigenvalue weighted by atomic mass is 9.99. The number of nitrogens with two attached hydrogens (primary N) is 1. The molecule has 0 saturated carbocycles. The molecule has 1 unspecified atom stereocenters. The maximum atomic E-state index is 8.89. The van der Waals surface area contributed by atoms with Gasteiger partial charge in [0.05, 0.1) is 6.92 Å². The number of anilines is 1. The third-order valence-corrected chi connectivity index (χ3v) is 2.61. The molecule has 0 fully saturated rings. The molecule has 3 N–H and O–H groups in total. The van der Waals surface area contributed by atoms with Crippen molar-refractivity contribution >= 4 is 11.7 Å². The van der Waals surface area contributed by atoms with E-state index in [1.807, 2.05) is 14.1 Å². The van der Waals surface area contributed by atoms with E-state index in [9.17, 15) is 0 Å². The summed E-state index contributed by atoms with van der Waals surface area (Å²) in [4.78, 5) is 11.0. The zero-order valence-corrected chi connectivity index (χ0v) is 11.6. The zero-order valence-electron chi connectivity index (χ0n) is 11.6. The van der Waals surface area contributed by atoms with Crippen LogP contribution in [0.15, 0.2) is 18.2 Å². The van der Waals surface area contributed by atoms with Gasteiger partial charge in [-0.15, -0.1) is 0 Å². The Kier molecular flexibility index (Phi) is 7.05. The van der Waals surface area contributed by atoms with Crippen molar-refractivity contribution in [2.24, 2.45) is 5.73 Å². The normalized spacial score (nSPS) is 11.2. The van der Waals surface area contributed by atoms with Gasteiger partial charge in [-0.3, -0.25) is 4.79 Å². The van der Waals surface area contributed by atoms with Crippen molar-refractivity contribution < 1.29 is 9.90 Å². The first-order valence-corrected chi connectivity index (χ1v) is 5.87. The number of hydrogen-bond donors (Lipinski definition) is 2. The van der Waals surface area contributed by atoms with Crippen LogP contribution in [-0.2, 0) is 4.79 Å². The highest BCUT2D eigenvalue weighted by Gasteiger charge is 2.07. The molecular formula is C14H23N2O2. The Hall–Kier alpha value is -1.55. The molecule has 0 amide bonds. The molecule has 1 aromatic carbocycles. The van der Waals surface area contributed by atoms with Crippen LogP contribution in [0.3, 0.4) is 0 Å². The third kappa shape index (κ3) is 5.68. The van der Waals surface area contributed by atoms with Crippen molar-refractivity contribution in [1.82, 2.24) is 0 Å². The monoisotopic (exact) mass is 251 g/mol. The van der Waals surface area contributed by atoms with Crippen LogP contribution in [0.2, 0.25) is 0 Å². The minimum Gasteiger partial charge on any atom is -0.481 e. The zero-order chi connectivity index (χ0) is 14.3. The van der Waals surface area contributed by atoms with Gasteiger partial charge in [-0.2, -0.15) is 0 Å².